The Balaban J connectivity index is 1.50. The minimum absolute atomic E-state index is 0.0495. The number of piperazine rings is 1. The molecule has 1 saturated carbocycles. The summed E-state index contributed by atoms with van der Waals surface area (Å²) in [4.78, 5) is 21.3. The van der Waals surface area contributed by atoms with Crippen LogP contribution in [0.3, 0.4) is 0 Å². The smallest absolute Gasteiger partial charge is 0.254 e. The molecule has 1 amide bonds. The summed E-state index contributed by atoms with van der Waals surface area (Å²) in [6, 6.07) is 0. The van der Waals surface area contributed by atoms with Crippen LogP contribution in [0.1, 0.15) is 43.3 Å². The van der Waals surface area contributed by atoms with Gasteiger partial charge < -0.3 is 10.0 Å². The lowest BCUT2D eigenvalue weighted by Crippen LogP contribution is -2.54. The van der Waals surface area contributed by atoms with E-state index in [1.807, 2.05) is 4.90 Å². The second-order valence-electron chi connectivity index (χ2n) is 6.39. The predicted octanol–water partition coefficient (Wildman–Crippen LogP) is 1.65. The zero-order chi connectivity index (χ0) is 15.6. The lowest BCUT2D eigenvalue weighted by molar-refractivity contribution is -0.152. The summed E-state index contributed by atoms with van der Waals surface area (Å²) in [7, 11) is 0. The second kappa shape index (κ2) is 6.64. The molecule has 122 valence electrons. The molecule has 6 heteroatoms. The number of aromatic nitrogens is 1. The van der Waals surface area contributed by atoms with Crippen LogP contribution in [0.15, 0.2) is 5.38 Å². The summed E-state index contributed by atoms with van der Waals surface area (Å²) in [5.41, 5.74) is 0.0590. The lowest BCUT2D eigenvalue weighted by Gasteiger charge is -2.37. The van der Waals surface area contributed by atoms with E-state index in [1.165, 1.54) is 5.01 Å². The zero-order valence-electron chi connectivity index (χ0n) is 13.3. The second-order valence-corrected chi connectivity index (χ2v) is 7.34. The van der Waals surface area contributed by atoms with Crippen molar-refractivity contribution >= 4 is 17.2 Å². The highest BCUT2D eigenvalue weighted by molar-refractivity contribution is 7.09. The van der Waals surface area contributed by atoms with Crippen LogP contribution in [0.25, 0.3) is 0 Å². The number of carbonyl (C=O) groups is 1. The summed E-state index contributed by atoms with van der Waals surface area (Å²) in [6.07, 6.45) is 4.18. The fraction of sp³-hybridized carbons (Fsp3) is 0.750. The molecule has 1 aromatic heterocycles. The lowest BCUT2D eigenvalue weighted by atomic mass is 10.00. The molecule has 2 fully saturated rings. The predicted molar refractivity (Wildman–Crippen MR) is 86.8 cm³/mol. The maximum absolute atomic E-state index is 12.5. The number of hydrogen-bond donors (Lipinski definition) is 1. The van der Waals surface area contributed by atoms with Crippen molar-refractivity contribution in [2.75, 3.05) is 26.2 Å². The van der Waals surface area contributed by atoms with Crippen LogP contribution in [-0.2, 0) is 17.8 Å². The first-order valence-electron chi connectivity index (χ1n) is 8.28. The van der Waals surface area contributed by atoms with E-state index in [1.54, 1.807) is 11.3 Å². The highest BCUT2D eigenvalue weighted by atomic mass is 32.1. The normalized spacial score (nSPS) is 22.2. The molecular formula is C16H25N3O2S. The zero-order valence-corrected chi connectivity index (χ0v) is 14.1. The van der Waals surface area contributed by atoms with Gasteiger partial charge in [0.15, 0.2) is 0 Å². The molecule has 1 aliphatic heterocycles. The minimum Gasteiger partial charge on any atom is -0.380 e. The van der Waals surface area contributed by atoms with E-state index in [2.05, 4.69) is 22.2 Å². The van der Waals surface area contributed by atoms with Crippen molar-refractivity contribution in [2.24, 2.45) is 0 Å². The Bertz CT molecular complexity index is 517. The molecule has 0 aromatic carbocycles. The topological polar surface area (TPSA) is 56.7 Å². The molecule has 1 aromatic rings. The Hall–Kier alpha value is -0.980. The molecule has 1 N–H and O–H groups in total. The first-order chi connectivity index (χ1) is 10.6. The molecule has 0 spiro atoms. The Kier molecular flexibility index (Phi) is 4.80. The average Bonchev–Trinajstić information content (AvgIpc) is 3.17. The van der Waals surface area contributed by atoms with Gasteiger partial charge in [0.2, 0.25) is 0 Å². The van der Waals surface area contributed by atoms with Gasteiger partial charge in [-0.05, 0) is 32.1 Å². The van der Waals surface area contributed by atoms with Crippen molar-refractivity contribution < 1.29 is 9.90 Å². The molecular weight excluding hydrogens is 298 g/mol. The molecule has 0 bridgehead atoms. The Labute approximate surface area is 135 Å². The van der Waals surface area contributed by atoms with Gasteiger partial charge in [-0.2, -0.15) is 0 Å². The van der Waals surface area contributed by atoms with Crippen molar-refractivity contribution in [3.8, 4) is 0 Å². The summed E-state index contributed by atoms with van der Waals surface area (Å²) >= 11 is 1.72. The van der Waals surface area contributed by atoms with Crippen molar-refractivity contribution in [2.45, 2.75) is 51.2 Å². The van der Waals surface area contributed by atoms with Gasteiger partial charge in [0.25, 0.3) is 5.91 Å². The number of rotatable bonds is 4. The van der Waals surface area contributed by atoms with Gasteiger partial charge in [-0.15, -0.1) is 11.3 Å². The number of hydrogen-bond acceptors (Lipinski definition) is 5. The van der Waals surface area contributed by atoms with Crippen molar-refractivity contribution in [1.82, 2.24) is 14.8 Å². The Morgan fingerprint density at radius 1 is 1.32 bits per heavy atom. The van der Waals surface area contributed by atoms with E-state index >= 15 is 0 Å². The third-order valence-electron chi connectivity index (χ3n) is 4.78. The largest absolute Gasteiger partial charge is 0.380 e. The number of aliphatic hydroxyl groups is 1. The third kappa shape index (κ3) is 3.34. The van der Waals surface area contributed by atoms with E-state index in [9.17, 15) is 9.90 Å². The molecule has 0 atom stereocenters. The SMILES string of the molecule is CCc1nc(CN2CCN(C(=O)C3(O)CCCC3)CC2)cs1. The van der Waals surface area contributed by atoms with Crippen molar-refractivity contribution in [3.63, 3.8) is 0 Å². The molecule has 2 heterocycles. The number of amides is 1. The minimum atomic E-state index is -1.08. The van der Waals surface area contributed by atoms with Gasteiger partial charge >= 0.3 is 0 Å². The summed E-state index contributed by atoms with van der Waals surface area (Å²) < 4.78 is 0. The quantitative estimate of drug-likeness (QED) is 0.915. The first kappa shape index (κ1) is 15.9. The molecule has 3 rings (SSSR count). The number of thiazole rings is 1. The van der Waals surface area contributed by atoms with E-state index in [4.69, 9.17) is 0 Å². The molecule has 0 unspecified atom stereocenters. The van der Waals surface area contributed by atoms with Crippen LogP contribution < -0.4 is 0 Å². The fourth-order valence-electron chi connectivity index (χ4n) is 3.39. The van der Waals surface area contributed by atoms with Crippen LogP contribution in [0, 0.1) is 0 Å². The van der Waals surface area contributed by atoms with Crippen molar-refractivity contribution in [1.29, 1.82) is 0 Å². The molecule has 1 saturated heterocycles. The van der Waals surface area contributed by atoms with Gasteiger partial charge in [-0.25, -0.2) is 4.98 Å². The molecule has 1 aliphatic carbocycles. The van der Waals surface area contributed by atoms with Crippen LogP contribution in [0.5, 0.6) is 0 Å². The van der Waals surface area contributed by atoms with Gasteiger partial charge in [0, 0.05) is 38.1 Å². The fourth-order valence-corrected chi connectivity index (χ4v) is 4.13. The van der Waals surface area contributed by atoms with Gasteiger partial charge in [0.05, 0.1) is 10.7 Å². The molecule has 2 aliphatic rings. The van der Waals surface area contributed by atoms with E-state index in [0.717, 1.165) is 44.6 Å². The third-order valence-corrected chi connectivity index (χ3v) is 5.82. The Morgan fingerprint density at radius 2 is 2.00 bits per heavy atom. The van der Waals surface area contributed by atoms with E-state index in [-0.39, 0.29) is 5.91 Å². The maximum atomic E-state index is 12.5. The van der Waals surface area contributed by atoms with Crippen LogP contribution >= 0.6 is 11.3 Å². The van der Waals surface area contributed by atoms with Crippen molar-refractivity contribution in [3.05, 3.63) is 16.1 Å². The summed E-state index contributed by atoms with van der Waals surface area (Å²) in [5, 5.41) is 13.8. The molecule has 22 heavy (non-hydrogen) atoms. The highest BCUT2D eigenvalue weighted by Crippen LogP contribution is 2.31. The summed E-state index contributed by atoms with van der Waals surface area (Å²) in [5.74, 6) is -0.0495. The summed E-state index contributed by atoms with van der Waals surface area (Å²) in [6.45, 7) is 6.14. The Morgan fingerprint density at radius 3 is 2.59 bits per heavy atom. The number of aryl methyl sites for hydroxylation is 1. The van der Waals surface area contributed by atoms with E-state index in [0.29, 0.717) is 25.9 Å². The number of carbonyl (C=O) groups excluding carboxylic acids is 1. The first-order valence-corrected chi connectivity index (χ1v) is 9.16. The highest BCUT2D eigenvalue weighted by Gasteiger charge is 2.42. The molecule has 0 radical (unpaired) electrons. The van der Waals surface area contributed by atoms with Gasteiger partial charge in [-0.1, -0.05) is 6.92 Å². The van der Waals surface area contributed by atoms with Gasteiger partial charge in [0.1, 0.15) is 5.60 Å². The van der Waals surface area contributed by atoms with Gasteiger partial charge in [-0.3, -0.25) is 9.69 Å². The number of nitrogens with zero attached hydrogens (tertiary/aromatic N) is 3. The standard InChI is InChI=1S/C16H25N3O2S/c1-2-14-17-13(12-22-14)11-18-7-9-19(10-8-18)15(20)16(21)5-3-4-6-16/h12,21H,2-11H2,1H3. The van der Waals surface area contributed by atoms with Crippen LogP contribution in [-0.4, -0.2) is 57.6 Å². The molecule has 5 nitrogen and oxygen atoms in total. The van der Waals surface area contributed by atoms with Crippen LogP contribution in [0.4, 0.5) is 0 Å². The van der Waals surface area contributed by atoms with E-state index < -0.39 is 5.60 Å². The average molecular weight is 323 g/mol. The maximum Gasteiger partial charge on any atom is 0.254 e. The monoisotopic (exact) mass is 323 g/mol. The van der Waals surface area contributed by atoms with Crippen LogP contribution in [0.2, 0.25) is 0 Å².